The van der Waals surface area contributed by atoms with Gasteiger partial charge in [-0.3, -0.25) is 4.99 Å². The van der Waals surface area contributed by atoms with Gasteiger partial charge in [-0.1, -0.05) is 6.92 Å². The third-order valence-corrected chi connectivity index (χ3v) is 4.39. The number of rotatable bonds is 5. The molecule has 0 aliphatic carbocycles. The lowest BCUT2D eigenvalue weighted by molar-refractivity contribution is 0.701. The Balaban J connectivity index is 1.76. The number of thiophene rings is 2. The van der Waals surface area contributed by atoms with Gasteiger partial charge in [-0.05, 0) is 50.7 Å². The van der Waals surface area contributed by atoms with E-state index in [4.69, 9.17) is 0 Å². The number of hydrogen-bond acceptors (Lipinski definition) is 3. The highest BCUT2D eigenvalue weighted by atomic mass is 32.1. The van der Waals surface area contributed by atoms with Crippen LogP contribution in [-0.4, -0.2) is 19.6 Å². The van der Waals surface area contributed by atoms with Gasteiger partial charge in [0.1, 0.15) is 0 Å². The Bertz CT molecular complexity index is 489. The average molecular weight is 293 g/mol. The molecule has 0 aliphatic rings. The van der Waals surface area contributed by atoms with Crippen LogP contribution in [-0.2, 0) is 6.54 Å². The molecule has 2 N–H and O–H groups in total. The fourth-order valence-electron chi connectivity index (χ4n) is 1.72. The molecule has 19 heavy (non-hydrogen) atoms. The van der Waals surface area contributed by atoms with Crippen LogP contribution in [0.2, 0.25) is 0 Å². The van der Waals surface area contributed by atoms with E-state index in [-0.39, 0.29) is 0 Å². The van der Waals surface area contributed by atoms with E-state index in [1.54, 1.807) is 29.7 Å². The molecule has 0 amide bonds. The average Bonchev–Trinajstić information content (AvgIpc) is 3.11. The van der Waals surface area contributed by atoms with Crippen LogP contribution in [0, 0.1) is 0 Å². The normalized spacial score (nSPS) is 13.3. The smallest absolute Gasteiger partial charge is 0.191 e. The van der Waals surface area contributed by atoms with Crippen molar-refractivity contribution in [1.29, 1.82) is 0 Å². The summed E-state index contributed by atoms with van der Waals surface area (Å²) in [4.78, 5) is 4.24. The van der Waals surface area contributed by atoms with Crippen molar-refractivity contribution in [2.24, 2.45) is 4.99 Å². The van der Waals surface area contributed by atoms with Crippen molar-refractivity contribution in [3.05, 3.63) is 44.8 Å². The van der Waals surface area contributed by atoms with Gasteiger partial charge in [-0.15, -0.1) is 0 Å². The van der Waals surface area contributed by atoms with Gasteiger partial charge in [0.2, 0.25) is 0 Å². The van der Waals surface area contributed by atoms with E-state index in [0.29, 0.717) is 5.92 Å². The van der Waals surface area contributed by atoms with Crippen LogP contribution in [0.5, 0.6) is 0 Å². The van der Waals surface area contributed by atoms with Crippen molar-refractivity contribution in [1.82, 2.24) is 10.6 Å². The van der Waals surface area contributed by atoms with Crippen LogP contribution in [0.4, 0.5) is 0 Å². The Morgan fingerprint density at radius 3 is 2.63 bits per heavy atom. The molecule has 2 aromatic rings. The summed E-state index contributed by atoms with van der Waals surface area (Å²) in [6, 6.07) is 4.30. The first-order chi connectivity index (χ1) is 9.29. The van der Waals surface area contributed by atoms with Crippen LogP contribution in [0.15, 0.2) is 38.6 Å². The Labute approximate surface area is 122 Å². The minimum atomic E-state index is 0.492. The SMILES string of the molecule is CN=C(NCc1ccsc1)NCC(C)c1ccsc1. The highest BCUT2D eigenvalue weighted by Gasteiger charge is 2.06. The van der Waals surface area contributed by atoms with Gasteiger partial charge in [0.25, 0.3) is 0 Å². The van der Waals surface area contributed by atoms with E-state index in [2.05, 4.69) is 56.2 Å². The van der Waals surface area contributed by atoms with Crippen molar-refractivity contribution >= 4 is 28.6 Å². The molecule has 0 fully saturated rings. The molecular formula is C14H19N3S2. The second-order valence-corrected chi connectivity index (χ2v) is 5.96. The Morgan fingerprint density at radius 1 is 1.21 bits per heavy atom. The van der Waals surface area contributed by atoms with Gasteiger partial charge in [-0.25, -0.2) is 0 Å². The van der Waals surface area contributed by atoms with Gasteiger partial charge in [-0.2, -0.15) is 22.7 Å². The largest absolute Gasteiger partial charge is 0.356 e. The van der Waals surface area contributed by atoms with Gasteiger partial charge in [0, 0.05) is 20.1 Å². The highest BCUT2D eigenvalue weighted by Crippen LogP contribution is 2.16. The maximum atomic E-state index is 4.24. The topological polar surface area (TPSA) is 36.4 Å². The zero-order chi connectivity index (χ0) is 13.5. The first kappa shape index (κ1) is 14.1. The molecule has 0 bridgehead atoms. The Morgan fingerprint density at radius 2 is 2.00 bits per heavy atom. The second-order valence-electron chi connectivity index (χ2n) is 4.40. The van der Waals surface area contributed by atoms with Crippen molar-refractivity contribution in [3.8, 4) is 0 Å². The molecular weight excluding hydrogens is 274 g/mol. The molecule has 5 heteroatoms. The maximum Gasteiger partial charge on any atom is 0.191 e. The van der Waals surface area contributed by atoms with Gasteiger partial charge >= 0.3 is 0 Å². The summed E-state index contributed by atoms with van der Waals surface area (Å²) in [7, 11) is 1.80. The van der Waals surface area contributed by atoms with Crippen LogP contribution < -0.4 is 10.6 Å². The molecule has 0 saturated heterocycles. The van der Waals surface area contributed by atoms with Crippen molar-refractivity contribution in [2.75, 3.05) is 13.6 Å². The van der Waals surface area contributed by atoms with E-state index in [1.165, 1.54) is 11.1 Å². The molecule has 0 aromatic carbocycles. The van der Waals surface area contributed by atoms with Gasteiger partial charge in [0.05, 0.1) is 0 Å². The van der Waals surface area contributed by atoms with E-state index < -0.39 is 0 Å². The molecule has 1 atom stereocenters. The molecule has 0 spiro atoms. The van der Waals surface area contributed by atoms with E-state index in [1.807, 2.05) is 0 Å². The predicted molar refractivity (Wildman–Crippen MR) is 85.3 cm³/mol. The summed E-state index contributed by atoms with van der Waals surface area (Å²) >= 11 is 3.46. The van der Waals surface area contributed by atoms with Crippen LogP contribution >= 0.6 is 22.7 Å². The minimum Gasteiger partial charge on any atom is -0.356 e. The molecule has 0 saturated carbocycles. The fourth-order valence-corrected chi connectivity index (χ4v) is 3.17. The fraction of sp³-hybridized carbons (Fsp3) is 0.357. The molecule has 0 radical (unpaired) electrons. The Hall–Kier alpha value is -1.33. The first-order valence-electron chi connectivity index (χ1n) is 6.27. The monoisotopic (exact) mass is 293 g/mol. The summed E-state index contributed by atoms with van der Waals surface area (Å²) < 4.78 is 0. The second kappa shape index (κ2) is 7.31. The molecule has 2 aromatic heterocycles. The first-order valence-corrected chi connectivity index (χ1v) is 8.16. The van der Waals surface area contributed by atoms with Crippen molar-refractivity contribution in [2.45, 2.75) is 19.4 Å². The standard InChI is InChI=1S/C14H19N3S2/c1-11(13-4-6-19-10-13)7-16-14(15-2)17-8-12-3-5-18-9-12/h3-6,9-11H,7-8H2,1-2H3,(H2,15,16,17). The molecule has 1 unspecified atom stereocenters. The van der Waals surface area contributed by atoms with E-state index >= 15 is 0 Å². The van der Waals surface area contributed by atoms with E-state index in [9.17, 15) is 0 Å². The summed E-state index contributed by atoms with van der Waals surface area (Å²) in [6.07, 6.45) is 0. The quantitative estimate of drug-likeness (QED) is 0.655. The Kier molecular flexibility index (Phi) is 5.42. The van der Waals surface area contributed by atoms with Crippen LogP contribution in [0.25, 0.3) is 0 Å². The third-order valence-electron chi connectivity index (χ3n) is 2.95. The summed E-state index contributed by atoms with van der Waals surface area (Å²) in [5, 5.41) is 15.2. The predicted octanol–water partition coefficient (Wildman–Crippen LogP) is 3.28. The van der Waals surface area contributed by atoms with E-state index in [0.717, 1.165) is 19.0 Å². The van der Waals surface area contributed by atoms with Gasteiger partial charge in [0.15, 0.2) is 5.96 Å². The lowest BCUT2D eigenvalue weighted by Gasteiger charge is -2.15. The minimum absolute atomic E-state index is 0.492. The van der Waals surface area contributed by atoms with Crippen molar-refractivity contribution < 1.29 is 0 Å². The summed E-state index contributed by atoms with van der Waals surface area (Å²) in [5.41, 5.74) is 2.67. The lowest BCUT2D eigenvalue weighted by atomic mass is 10.1. The number of guanidine groups is 1. The highest BCUT2D eigenvalue weighted by molar-refractivity contribution is 7.08. The third kappa shape index (κ3) is 4.36. The molecule has 0 aliphatic heterocycles. The molecule has 3 nitrogen and oxygen atoms in total. The number of hydrogen-bond donors (Lipinski definition) is 2. The summed E-state index contributed by atoms with van der Waals surface area (Å²) in [5.74, 6) is 1.35. The maximum absolute atomic E-state index is 4.24. The summed E-state index contributed by atoms with van der Waals surface area (Å²) in [6.45, 7) is 3.93. The zero-order valence-corrected chi connectivity index (χ0v) is 12.9. The molecule has 102 valence electrons. The number of nitrogens with zero attached hydrogens (tertiary/aromatic N) is 1. The van der Waals surface area contributed by atoms with Gasteiger partial charge < -0.3 is 10.6 Å². The number of aliphatic imine (C=N–C) groups is 1. The molecule has 2 heterocycles. The van der Waals surface area contributed by atoms with Crippen LogP contribution in [0.3, 0.4) is 0 Å². The number of nitrogens with one attached hydrogen (secondary N) is 2. The zero-order valence-electron chi connectivity index (χ0n) is 11.2. The lowest BCUT2D eigenvalue weighted by Crippen LogP contribution is -2.38. The van der Waals surface area contributed by atoms with Crippen molar-refractivity contribution in [3.63, 3.8) is 0 Å². The van der Waals surface area contributed by atoms with Crippen LogP contribution in [0.1, 0.15) is 24.0 Å². The molecule has 2 rings (SSSR count).